The van der Waals surface area contributed by atoms with Gasteiger partial charge in [0.05, 0.1) is 6.42 Å². The molecule has 0 aliphatic heterocycles. The molecular formula is C14H17BrN2O3. The van der Waals surface area contributed by atoms with Crippen molar-refractivity contribution in [2.75, 3.05) is 5.32 Å². The smallest absolute Gasteiger partial charge is 0.303 e. The normalized spacial score (nSPS) is 16.9. The number of amides is 1. The van der Waals surface area contributed by atoms with Gasteiger partial charge < -0.3 is 10.4 Å². The second kappa shape index (κ2) is 6.35. The van der Waals surface area contributed by atoms with Crippen LogP contribution in [0.25, 0.3) is 0 Å². The number of nitrogens with one attached hydrogen (secondary N) is 1. The van der Waals surface area contributed by atoms with E-state index in [4.69, 9.17) is 5.11 Å². The van der Waals surface area contributed by atoms with Gasteiger partial charge in [0.2, 0.25) is 5.91 Å². The minimum absolute atomic E-state index is 0.0637. The Kier molecular flexibility index (Phi) is 4.75. The molecule has 1 heterocycles. The minimum atomic E-state index is -0.832. The van der Waals surface area contributed by atoms with Gasteiger partial charge in [-0.25, -0.2) is 4.98 Å². The Balaban J connectivity index is 1.98. The number of anilines is 1. The van der Waals surface area contributed by atoms with Crippen molar-refractivity contribution >= 4 is 33.6 Å². The number of carbonyl (C=O) groups is 2. The standard InChI is InChI=1S/C14H17BrN2O3/c15-10-3-4-11(16-9-10)17-12(18)7-14(8-13(19)20)5-1-2-6-14/h3-4,9H,1-2,5-8H2,(H,19,20)(H,16,17,18). The molecule has 0 spiro atoms. The number of nitrogens with zero attached hydrogens (tertiary/aromatic N) is 1. The number of rotatable bonds is 5. The van der Waals surface area contributed by atoms with Crippen LogP contribution in [-0.2, 0) is 9.59 Å². The van der Waals surface area contributed by atoms with Gasteiger partial charge in [-0.3, -0.25) is 9.59 Å². The Hall–Kier alpha value is -1.43. The quantitative estimate of drug-likeness (QED) is 0.862. The lowest BCUT2D eigenvalue weighted by atomic mass is 9.79. The number of halogens is 1. The van der Waals surface area contributed by atoms with Crippen LogP contribution in [0.3, 0.4) is 0 Å². The summed E-state index contributed by atoms with van der Waals surface area (Å²) in [4.78, 5) is 27.2. The summed E-state index contributed by atoms with van der Waals surface area (Å²) in [6.07, 6.45) is 5.53. The van der Waals surface area contributed by atoms with Crippen molar-refractivity contribution in [1.29, 1.82) is 0 Å². The third-order valence-electron chi connectivity index (χ3n) is 3.72. The van der Waals surface area contributed by atoms with Crippen LogP contribution in [0.15, 0.2) is 22.8 Å². The molecule has 1 amide bonds. The fourth-order valence-electron chi connectivity index (χ4n) is 2.84. The molecule has 108 valence electrons. The number of aromatic nitrogens is 1. The highest BCUT2D eigenvalue weighted by Crippen LogP contribution is 2.44. The molecule has 2 N–H and O–H groups in total. The maximum absolute atomic E-state index is 12.1. The Morgan fingerprint density at radius 2 is 2.00 bits per heavy atom. The molecule has 1 aromatic heterocycles. The van der Waals surface area contributed by atoms with E-state index in [1.807, 2.05) is 0 Å². The summed E-state index contributed by atoms with van der Waals surface area (Å²) in [5.74, 6) is -0.508. The van der Waals surface area contributed by atoms with Crippen LogP contribution in [0, 0.1) is 5.41 Å². The lowest BCUT2D eigenvalue weighted by molar-refractivity contribution is -0.140. The molecule has 0 bridgehead atoms. The molecule has 1 aliphatic rings. The molecule has 5 nitrogen and oxygen atoms in total. The van der Waals surface area contributed by atoms with E-state index in [0.29, 0.717) is 5.82 Å². The third kappa shape index (κ3) is 4.03. The van der Waals surface area contributed by atoms with E-state index in [1.165, 1.54) is 0 Å². The van der Waals surface area contributed by atoms with Crippen LogP contribution >= 0.6 is 15.9 Å². The average molecular weight is 341 g/mol. The van der Waals surface area contributed by atoms with Gasteiger partial charge in [-0.2, -0.15) is 0 Å². The largest absolute Gasteiger partial charge is 0.481 e. The topological polar surface area (TPSA) is 79.3 Å². The van der Waals surface area contributed by atoms with E-state index in [1.54, 1.807) is 18.3 Å². The summed E-state index contributed by atoms with van der Waals surface area (Å²) >= 11 is 3.28. The van der Waals surface area contributed by atoms with E-state index in [-0.39, 0.29) is 24.2 Å². The highest BCUT2D eigenvalue weighted by molar-refractivity contribution is 9.10. The molecule has 0 atom stereocenters. The Morgan fingerprint density at radius 3 is 2.55 bits per heavy atom. The number of hydrogen-bond acceptors (Lipinski definition) is 3. The second-order valence-corrected chi connectivity index (χ2v) is 6.28. The van der Waals surface area contributed by atoms with Gasteiger partial charge in [-0.05, 0) is 46.3 Å². The van der Waals surface area contributed by atoms with Gasteiger partial charge in [-0.15, -0.1) is 0 Å². The molecule has 2 rings (SSSR count). The molecule has 0 aromatic carbocycles. The molecule has 1 fully saturated rings. The Labute approximate surface area is 125 Å². The first-order valence-corrected chi connectivity index (χ1v) is 7.42. The Morgan fingerprint density at radius 1 is 1.30 bits per heavy atom. The minimum Gasteiger partial charge on any atom is -0.481 e. The predicted octanol–water partition coefficient (Wildman–Crippen LogP) is 3.21. The first-order chi connectivity index (χ1) is 9.49. The van der Waals surface area contributed by atoms with Crippen LogP contribution in [-0.4, -0.2) is 22.0 Å². The summed E-state index contributed by atoms with van der Waals surface area (Å²) < 4.78 is 0.841. The highest BCUT2D eigenvalue weighted by atomic mass is 79.9. The lowest BCUT2D eigenvalue weighted by Crippen LogP contribution is -2.27. The van der Waals surface area contributed by atoms with Gasteiger partial charge in [0.25, 0.3) is 0 Å². The van der Waals surface area contributed by atoms with Crippen molar-refractivity contribution in [3.05, 3.63) is 22.8 Å². The number of carboxylic acids is 1. The molecular weight excluding hydrogens is 324 g/mol. The number of hydrogen-bond donors (Lipinski definition) is 2. The zero-order valence-electron chi connectivity index (χ0n) is 11.1. The Bertz CT molecular complexity index is 496. The number of carboxylic acid groups (broad SMARTS) is 1. The second-order valence-electron chi connectivity index (χ2n) is 5.36. The molecule has 0 radical (unpaired) electrons. The predicted molar refractivity (Wildman–Crippen MR) is 78.3 cm³/mol. The summed E-state index contributed by atoms with van der Waals surface area (Å²) in [5, 5.41) is 11.8. The number of carbonyl (C=O) groups excluding carboxylic acids is 1. The van der Waals surface area contributed by atoms with Gasteiger partial charge in [0.15, 0.2) is 0 Å². The van der Waals surface area contributed by atoms with Crippen molar-refractivity contribution in [3.63, 3.8) is 0 Å². The van der Waals surface area contributed by atoms with Crippen LogP contribution in [0.4, 0.5) is 5.82 Å². The van der Waals surface area contributed by atoms with E-state index >= 15 is 0 Å². The molecule has 0 unspecified atom stereocenters. The zero-order chi connectivity index (χ0) is 14.6. The number of pyridine rings is 1. The van der Waals surface area contributed by atoms with Crippen molar-refractivity contribution in [1.82, 2.24) is 4.98 Å². The fourth-order valence-corrected chi connectivity index (χ4v) is 3.07. The van der Waals surface area contributed by atoms with Gasteiger partial charge in [0, 0.05) is 17.1 Å². The van der Waals surface area contributed by atoms with Crippen LogP contribution in [0.5, 0.6) is 0 Å². The highest BCUT2D eigenvalue weighted by Gasteiger charge is 2.37. The van der Waals surface area contributed by atoms with Crippen LogP contribution in [0.1, 0.15) is 38.5 Å². The van der Waals surface area contributed by atoms with Gasteiger partial charge in [0.1, 0.15) is 5.82 Å². The monoisotopic (exact) mass is 340 g/mol. The van der Waals surface area contributed by atoms with Crippen molar-refractivity contribution in [2.24, 2.45) is 5.41 Å². The van der Waals surface area contributed by atoms with Gasteiger partial charge >= 0.3 is 5.97 Å². The zero-order valence-corrected chi connectivity index (χ0v) is 12.6. The number of aliphatic carboxylic acids is 1. The summed E-state index contributed by atoms with van der Waals surface area (Å²) in [7, 11) is 0. The van der Waals surface area contributed by atoms with E-state index in [0.717, 1.165) is 30.2 Å². The van der Waals surface area contributed by atoms with Crippen LogP contribution in [0.2, 0.25) is 0 Å². The molecule has 1 aliphatic carbocycles. The van der Waals surface area contributed by atoms with E-state index in [9.17, 15) is 9.59 Å². The van der Waals surface area contributed by atoms with E-state index < -0.39 is 5.97 Å². The SMILES string of the molecule is O=C(O)CC1(CC(=O)Nc2ccc(Br)cn2)CCCC1. The third-order valence-corrected chi connectivity index (χ3v) is 4.19. The van der Waals surface area contributed by atoms with Gasteiger partial charge in [-0.1, -0.05) is 12.8 Å². The lowest BCUT2D eigenvalue weighted by Gasteiger charge is -2.26. The summed E-state index contributed by atoms with van der Waals surface area (Å²) in [5.41, 5.74) is -0.384. The molecule has 1 aromatic rings. The molecule has 20 heavy (non-hydrogen) atoms. The first-order valence-electron chi connectivity index (χ1n) is 6.62. The maximum atomic E-state index is 12.1. The van der Waals surface area contributed by atoms with E-state index in [2.05, 4.69) is 26.2 Å². The molecule has 6 heteroatoms. The van der Waals surface area contributed by atoms with Crippen molar-refractivity contribution in [2.45, 2.75) is 38.5 Å². The first kappa shape index (κ1) is 15.0. The fraction of sp³-hybridized carbons (Fsp3) is 0.500. The molecule has 0 saturated heterocycles. The summed E-state index contributed by atoms with van der Waals surface area (Å²) in [6.45, 7) is 0. The summed E-state index contributed by atoms with van der Waals surface area (Å²) in [6, 6.07) is 3.51. The van der Waals surface area contributed by atoms with Crippen LogP contribution < -0.4 is 5.32 Å². The molecule has 1 saturated carbocycles. The van der Waals surface area contributed by atoms with Crippen molar-refractivity contribution in [3.8, 4) is 0 Å². The average Bonchev–Trinajstić information content (AvgIpc) is 2.79. The maximum Gasteiger partial charge on any atom is 0.303 e. The van der Waals surface area contributed by atoms with Crippen molar-refractivity contribution < 1.29 is 14.7 Å².